The summed E-state index contributed by atoms with van der Waals surface area (Å²) in [6, 6.07) is -0.0471. The predicted octanol–water partition coefficient (Wildman–Crippen LogP) is -0.284. The quantitative estimate of drug-likeness (QED) is 0.782. The molecule has 2 fully saturated rings. The normalized spacial score (nSPS) is 23.5. The minimum absolute atomic E-state index is 0.0471. The van der Waals surface area contributed by atoms with Crippen LogP contribution in [0, 0.1) is 0 Å². The standard InChI is InChI=1S/C10H14N4O4S/c15-9(14-19(16,17)6-3-4-6)8-12-10(18-13-8)7-2-1-5-11-7/h6-7,11H,1-5H2,(H,14,15). The lowest BCUT2D eigenvalue weighted by molar-refractivity contribution is 0.0968. The molecule has 0 spiro atoms. The van der Waals surface area contributed by atoms with Crippen LogP contribution in [0.2, 0.25) is 0 Å². The second-order valence-corrected chi connectivity index (χ2v) is 6.74. The van der Waals surface area contributed by atoms with Crippen molar-refractivity contribution in [2.75, 3.05) is 6.54 Å². The van der Waals surface area contributed by atoms with E-state index in [1.165, 1.54) is 0 Å². The smallest absolute Gasteiger partial charge is 0.306 e. The molecule has 0 bridgehead atoms. The highest BCUT2D eigenvalue weighted by atomic mass is 32.2. The molecular weight excluding hydrogens is 272 g/mol. The van der Waals surface area contributed by atoms with Crippen LogP contribution in [0.3, 0.4) is 0 Å². The first-order chi connectivity index (χ1) is 9.06. The highest BCUT2D eigenvalue weighted by Gasteiger charge is 2.37. The van der Waals surface area contributed by atoms with Crippen molar-refractivity contribution in [2.24, 2.45) is 0 Å². The highest BCUT2D eigenvalue weighted by Crippen LogP contribution is 2.27. The van der Waals surface area contributed by atoms with Crippen LogP contribution in [0.15, 0.2) is 4.52 Å². The number of nitrogens with one attached hydrogen (secondary N) is 2. The van der Waals surface area contributed by atoms with Crippen LogP contribution < -0.4 is 10.0 Å². The van der Waals surface area contributed by atoms with E-state index >= 15 is 0 Å². The Bertz CT molecular complexity index is 586. The molecular formula is C10H14N4O4S. The Labute approximate surface area is 110 Å². The van der Waals surface area contributed by atoms with E-state index in [1.807, 2.05) is 4.72 Å². The van der Waals surface area contributed by atoms with E-state index in [1.54, 1.807) is 0 Å². The lowest BCUT2D eigenvalue weighted by Gasteiger charge is -2.02. The Morgan fingerprint density at radius 2 is 2.16 bits per heavy atom. The van der Waals surface area contributed by atoms with Gasteiger partial charge in [-0.2, -0.15) is 4.98 Å². The van der Waals surface area contributed by atoms with Crippen molar-refractivity contribution in [3.63, 3.8) is 0 Å². The molecule has 1 aromatic rings. The summed E-state index contributed by atoms with van der Waals surface area (Å²) in [5.41, 5.74) is 0. The van der Waals surface area contributed by atoms with Crippen molar-refractivity contribution >= 4 is 15.9 Å². The van der Waals surface area contributed by atoms with E-state index in [2.05, 4.69) is 15.5 Å². The number of hydrogen-bond donors (Lipinski definition) is 2. The SMILES string of the molecule is O=C(NS(=O)(=O)C1CC1)c1noc(C2CCCN2)n1. The Balaban J connectivity index is 1.70. The minimum Gasteiger partial charge on any atom is -0.337 e. The Morgan fingerprint density at radius 1 is 1.37 bits per heavy atom. The molecule has 1 aromatic heterocycles. The first-order valence-corrected chi connectivity index (χ1v) is 7.74. The van der Waals surface area contributed by atoms with Crippen LogP contribution in [0.1, 0.15) is 48.2 Å². The molecule has 2 N–H and O–H groups in total. The molecule has 2 heterocycles. The molecule has 0 aromatic carbocycles. The van der Waals surface area contributed by atoms with Crippen molar-refractivity contribution in [3.05, 3.63) is 11.7 Å². The minimum atomic E-state index is -3.58. The maximum atomic E-state index is 11.7. The summed E-state index contributed by atoms with van der Waals surface area (Å²) in [6.07, 6.45) is 3.05. The average Bonchev–Trinajstić information content (AvgIpc) is 2.91. The van der Waals surface area contributed by atoms with Crippen molar-refractivity contribution in [3.8, 4) is 0 Å². The molecule has 1 amide bonds. The molecule has 1 saturated carbocycles. The van der Waals surface area contributed by atoms with Gasteiger partial charge in [-0.1, -0.05) is 5.16 Å². The number of amides is 1. The lowest BCUT2D eigenvalue weighted by atomic mass is 10.2. The summed E-state index contributed by atoms with van der Waals surface area (Å²) in [6.45, 7) is 0.866. The fraction of sp³-hybridized carbons (Fsp3) is 0.700. The number of aromatic nitrogens is 2. The largest absolute Gasteiger partial charge is 0.337 e. The van der Waals surface area contributed by atoms with Crippen LogP contribution in [0.25, 0.3) is 0 Å². The Morgan fingerprint density at radius 3 is 2.79 bits per heavy atom. The van der Waals surface area contributed by atoms with Gasteiger partial charge in [-0.3, -0.25) is 4.79 Å². The summed E-state index contributed by atoms with van der Waals surface area (Å²) in [7, 11) is -3.58. The third kappa shape index (κ3) is 2.61. The Kier molecular flexibility index (Phi) is 3.02. The fourth-order valence-corrected chi connectivity index (χ4v) is 3.27. The molecule has 19 heavy (non-hydrogen) atoms. The van der Waals surface area contributed by atoms with Crippen molar-refractivity contribution in [1.29, 1.82) is 0 Å². The maximum absolute atomic E-state index is 11.7. The molecule has 0 radical (unpaired) electrons. The summed E-state index contributed by atoms with van der Waals surface area (Å²) in [5.74, 6) is -0.751. The molecule has 104 valence electrons. The Hall–Kier alpha value is -1.48. The molecule has 2 aliphatic rings. The van der Waals surface area contributed by atoms with Gasteiger partial charge in [-0.25, -0.2) is 13.1 Å². The monoisotopic (exact) mass is 286 g/mol. The number of carbonyl (C=O) groups is 1. The molecule has 1 atom stereocenters. The summed E-state index contributed by atoms with van der Waals surface area (Å²) < 4.78 is 30.2. The third-order valence-corrected chi connectivity index (χ3v) is 5.02. The zero-order valence-corrected chi connectivity index (χ0v) is 10.9. The fourth-order valence-electron chi connectivity index (χ4n) is 2.00. The van der Waals surface area contributed by atoms with Crippen LogP contribution in [0.5, 0.6) is 0 Å². The molecule has 3 rings (SSSR count). The number of hydrogen-bond acceptors (Lipinski definition) is 7. The van der Waals surface area contributed by atoms with Crippen LogP contribution >= 0.6 is 0 Å². The molecule has 1 aliphatic carbocycles. The number of rotatable bonds is 4. The van der Waals surface area contributed by atoms with E-state index in [9.17, 15) is 13.2 Å². The van der Waals surface area contributed by atoms with E-state index in [0.29, 0.717) is 18.7 Å². The number of nitrogens with zero attached hydrogens (tertiary/aromatic N) is 2. The van der Waals surface area contributed by atoms with Crippen molar-refractivity contribution in [1.82, 2.24) is 20.2 Å². The van der Waals surface area contributed by atoms with Gasteiger partial charge in [0.15, 0.2) is 0 Å². The van der Waals surface area contributed by atoms with Gasteiger partial charge in [-0.15, -0.1) is 0 Å². The van der Waals surface area contributed by atoms with Crippen LogP contribution in [-0.4, -0.2) is 36.3 Å². The van der Waals surface area contributed by atoms with Gasteiger partial charge in [0.2, 0.25) is 15.9 Å². The molecule has 1 unspecified atom stereocenters. The first-order valence-electron chi connectivity index (χ1n) is 6.19. The van der Waals surface area contributed by atoms with Crippen LogP contribution in [0.4, 0.5) is 0 Å². The van der Waals surface area contributed by atoms with Crippen LogP contribution in [-0.2, 0) is 10.0 Å². The summed E-state index contributed by atoms with van der Waals surface area (Å²) >= 11 is 0. The average molecular weight is 286 g/mol. The first kappa shape index (κ1) is 12.5. The van der Waals surface area contributed by atoms with Crippen molar-refractivity contribution in [2.45, 2.75) is 37.0 Å². The van der Waals surface area contributed by atoms with Gasteiger partial charge >= 0.3 is 5.91 Å². The molecule has 9 heteroatoms. The molecule has 1 saturated heterocycles. The third-order valence-electron chi connectivity index (χ3n) is 3.20. The van der Waals surface area contributed by atoms with Gasteiger partial charge in [-0.05, 0) is 32.2 Å². The van der Waals surface area contributed by atoms with E-state index < -0.39 is 21.2 Å². The van der Waals surface area contributed by atoms with E-state index in [4.69, 9.17) is 4.52 Å². The zero-order valence-electron chi connectivity index (χ0n) is 10.1. The second kappa shape index (κ2) is 4.57. The van der Waals surface area contributed by atoms with Gasteiger partial charge in [0.05, 0.1) is 11.3 Å². The highest BCUT2D eigenvalue weighted by molar-refractivity contribution is 7.91. The van der Waals surface area contributed by atoms with Gasteiger partial charge in [0.1, 0.15) is 0 Å². The number of carbonyl (C=O) groups excluding carboxylic acids is 1. The second-order valence-electron chi connectivity index (χ2n) is 4.78. The van der Waals surface area contributed by atoms with Gasteiger partial charge < -0.3 is 9.84 Å². The number of sulfonamides is 1. The summed E-state index contributed by atoms with van der Waals surface area (Å²) in [4.78, 5) is 15.7. The summed E-state index contributed by atoms with van der Waals surface area (Å²) in [5, 5.41) is 6.22. The molecule has 8 nitrogen and oxygen atoms in total. The van der Waals surface area contributed by atoms with Crippen molar-refractivity contribution < 1.29 is 17.7 Å². The van der Waals surface area contributed by atoms with E-state index in [-0.39, 0.29) is 11.9 Å². The van der Waals surface area contributed by atoms with E-state index in [0.717, 1.165) is 19.4 Å². The lowest BCUT2D eigenvalue weighted by Crippen LogP contribution is -2.33. The molecule has 1 aliphatic heterocycles. The maximum Gasteiger partial charge on any atom is 0.306 e. The van der Waals surface area contributed by atoms with Gasteiger partial charge in [0, 0.05) is 0 Å². The van der Waals surface area contributed by atoms with Gasteiger partial charge in [0.25, 0.3) is 5.82 Å². The zero-order chi connectivity index (χ0) is 13.5. The topological polar surface area (TPSA) is 114 Å². The predicted molar refractivity (Wildman–Crippen MR) is 63.7 cm³/mol.